The number of ether oxygens (including phenoxy) is 1. The first-order valence-electron chi connectivity index (χ1n) is 6.16. The Morgan fingerprint density at radius 1 is 1.61 bits per heavy atom. The molecule has 1 aromatic heterocycles. The number of aryl methyl sites for hydroxylation is 1. The first-order valence-corrected chi connectivity index (χ1v) is 6.16. The van der Waals surface area contributed by atoms with Crippen molar-refractivity contribution >= 4 is 5.91 Å². The van der Waals surface area contributed by atoms with Gasteiger partial charge in [-0.2, -0.15) is 5.10 Å². The summed E-state index contributed by atoms with van der Waals surface area (Å²) in [5, 5.41) is 4.16. The molecule has 1 aliphatic heterocycles. The second-order valence-electron chi connectivity index (χ2n) is 4.67. The maximum atomic E-state index is 12.0. The molecular weight excluding hydrogens is 232 g/mol. The van der Waals surface area contributed by atoms with Crippen LogP contribution >= 0.6 is 0 Å². The summed E-state index contributed by atoms with van der Waals surface area (Å²) >= 11 is 0. The highest BCUT2D eigenvalue weighted by molar-refractivity contribution is 5.77. The molecule has 2 rings (SSSR count). The van der Waals surface area contributed by atoms with Crippen molar-refractivity contribution in [2.75, 3.05) is 20.3 Å². The number of hydrogen-bond donors (Lipinski definition) is 1. The molecule has 1 aliphatic rings. The highest BCUT2D eigenvalue weighted by atomic mass is 16.5. The van der Waals surface area contributed by atoms with Gasteiger partial charge in [0, 0.05) is 44.9 Å². The van der Waals surface area contributed by atoms with E-state index in [4.69, 9.17) is 10.5 Å². The van der Waals surface area contributed by atoms with Gasteiger partial charge in [0.2, 0.25) is 5.91 Å². The fourth-order valence-electron chi connectivity index (χ4n) is 2.45. The summed E-state index contributed by atoms with van der Waals surface area (Å²) < 4.78 is 6.79. The number of rotatable bonds is 4. The van der Waals surface area contributed by atoms with E-state index in [2.05, 4.69) is 5.10 Å². The number of methoxy groups -OCH3 is 1. The maximum absolute atomic E-state index is 12.0. The monoisotopic (exact) mass is 252 g/mol. The Labute approximate surface area is 107 Å². The summed E-state index contributed by atoms with van der Waals surface area (Å²) in [7, 11) is 3.49. The lowest BCUT2D eigenvalue weighted by atomic mass is 9.92. The number of piperidine rings is 1. The largest absolute Gasteiger partial charge is 0.383 e. The Morgan fingerprint density at radius 2 is 2.39 bits per heavy atom. The van der Waals surface area contributed by atoms with Crippen LogP contribution < -0.4 is 5.73 Å². The molecule has 6 nitrogen and oxygen atoms in total. The number of nitrogens with two attached hydrogens (primary N) is 1. The van der Waals surface area contributed by atoms with E-state index >= 15 is 0 Å². The molecule has 6 heteroatoms. The first kappa shape index (κ1) is 13.0. The predicted molar refractivity (Wildman–Crippen MR) is 66.7 cm³/mol. The summed E-state index contributed by atoms with van der Waals surface area (Å²) in [6, 6.07) is -0.126. The van der Waals surface area contributed by atoms with Crippen LogP contribution in [0, 0.1) is 0 Å². The fourth-order valence-corrected chi connectivity index (χ4v) is 2.45. The minimum absolute atomic E-state index is 0.0382. The number of carbonyl (C=O) groups excluding carboxylic acids is 1. The molecule has 0 radical (unpaired) electrons. The van der Waals surface area contributed by atoms with E-state index < -0.39 is 0 Å². The van der Waals surface area contributed by atoms with Gasteiger partial charge in [-0.1, -0.05) is 0 Å². The third kappa shape index (κ3) is 2.54. The molecule has 0 aliphatic carbocycles. The van der Waals surface area contributed by atoms with E-state index in [0.717, 1.165) is 12.0 Å². The summed E-state index contributed by atoms with van der Waals surface area (Å²) in [5.74, 6) is 0.141. The predicted octanol–water partition coefficient (Wildman–Crippen LogP) is 0.0573. The van der Waals surface area contributed by atoms with Crippen molar-refractivity contribution < 1.29 is 9.53 Å². The molecule has 0 aromatic carbocycles. The van der Waals surface area contributed by atoms with Crippen molar-refractivity contribution in [1.29, 1.82) is 0 Å². The Hall–Kier alpha value is -1.40. The third-order valence-electron chi connectivity index (χ3n) is 3.36. The van der Waals surface area contributed by atoms with Crippen molar-refractivity contribution in [3.63, 3.8) is 0 Å². The highest BCUT2D eigenvalue weighted by Gasteiger charge is 2.35. The molecule has 18 heavy (non-hydrogen) atoms. The van der Waals surface area contributed by atoms with Crippen LogP contribution in [0.15, 0.2) is 12.4 Å². The number of amides is 1. The molecule has 1 aromatic rings. The topological polar surface area (TPSA) is 73.4 Å². The van der Waals surface area contributed by atoms with Crippen LogP contribution in [0.2, 0.25) is 0 Å². The highest BCUT2D eigenvalue weighted by Crippen LogP contribution is 2.30. The van der Waals surface area contributed by atoms with Crippen molar-refractivity contribution in [1.82, 2.24) is 14.7 Å². The third-order valence-corrected chi connectivity index (χ3v) is 3.36. The molecule has 1 fully saturated rings. The number of hydrogen-bond acceptors (Lipinski definition) is 4. The molecule has 1 amide bonds. The number of carbonyl (C=O) groups is 1. The molecule has 2 unspecified atom stereocenters. The average Bonchev–Trinajstić information content (AvgIpc) is 2.76. The summed E-state index contributed by atoms with van der Waals surface area (Å²) in [4.78, 5) is 13.8. The Morgan fingerprint density at radius 3 is 3.00 bits per heavy atom. The van der Waals surface area contributed by atoms with Crippen LogP contribution in [-0.2, 0) is 16.6 Å². The zero-order valence-electron chi connectivity index (χ0n) is 10.9. The van der Waals surface area contributed by atoms with Gasteiger partial charge in [0.25, 0.3) is 0 Å². The van der Waals surface area contributed by atoms with Gasteiger partial charge < -0.3 is 15.4 Å². The summed E-state index contributed by atoms with van der Waals surface area (Å²) in [6.07, 6.45) is 4.94. The van der Waals surface area contributed by atoms with Crippen molar-refractivity contribution in [3.8, 4) is 0 Å². The van der Waals surface area contributed by atoms with Crippen molar-refractivity contribution in [2.24, 2.45) is 12.8 Å². The van der Waals surface area contributed by atoms with Gasteiger partial charge >= 0.3 is 0 Å². The van der Waals surface area contributed by atoms with Crippen LogP contribution in [0.3, 0.4) is 0 Å². The lowest BCUT2D eigenvalue weighted by molar-refractivity contribution is -0.138. The van der Waals surface area contributed by atoms with Crippen LogP contribution in [0.1, 0.15) is 24.4 Å². The Balaban J connectivity index is 2.22. The maximum Gasteiger partial charge on any atom is 0.223 e. The fraction of sp³-hybridized carbons (Fsp3) is 0.667. The van der Waals surface area contributed by atoms with Crippen LogP contribution in [-0.4, -0.2) is 46.9 Å². The zero-order chi connectivity index (χ0) is 13.1. The van der Waals surface area contributed by atoms with Crippen LogP contribution in [0.5, 0.6) is 0 Å². The van der Waals surface area contributed by atoms with E-state index in [1.54, 1.807) is 18.0 Å². The van der Waals surface area contributed by atoms with Gasteiger partial charge in [0.15, 0.2) is 0 Å². The number of aromatic nitrogens is 2. The molecule has 0 spiro atoms. The molecule has 0 saturated carbocycles. The van der Waals surface area contributed by atoms with Crippen molar-refractivity contribution in [2.45, 2.75) is 24.9 Å². The summed E-state index contributed by atoms with van der Waals surface area (Å²) in [6.45, 7) is 1.10. The van der Waals surface area contributed by atoms with Crippen LogP contribution in [0.4, 0.5) is 0 Å². The molecule has 1 saturated heterocycles. The molecule has 2 heterocycles. The van der Waals surface area contributed by atoms with E-state index in [-0.39, 0.29) is 18.0 Å². The SMILES string of the molecule is COCCN1C(=O)CCC(N)C1c1cnn(C)c1. The van der Waals surface area contributed by atoms with Gasteiger partial charge in [-0.3, -0.25) is 9.48 Å². The van der Waals surface area contributed by atoms with E-state index in [1.165, 1.54) is 0 Å². The minimum Gasteiger partial charge on any atom is -0.383 e. The second kappa shape index (κ2) is 5.49. The molecule has 0 bridgehead atoms. The lowest BCUT2D eigenvalue weighted by Gasteiger charge is -2.39. The smallest absolute Gasteiger partial charge is 0.223 e. The van der Waals surface area contributed by atoms with Crippen LogP contribution in [0.25, 0.3) is 0 Å². The second-order valence-corrected chi connectivity index (χ2v) is 4.67. The van der Waals surface area contributed by atoms with Gasteiger partial charge in [-0.15, -0.1) is 0 Å². The summed E-state index contributed by atoms with van der Waals surface area (Å²) in [5.41, 5.74) is 7.17. The lowest BCUT2D eigenvalue weighted by Crippen LogP contribution is -2.49. The molecular formula is C12H20N4O2. The molecule has 2 N–H and O–H groups in total. The normalized spacial score (nSPS) is 24.6. The average molecular weight is 252 g/mol. The Bertz CT molecular complexity index is 418. The van der Waals surface area contributed by atoms with Crippen molar-refractivity contribution in [3.05, 3.63) is 18.0 Å². The van der Waals surface area contributed by atoms with Gasteiger partial charge in [0.1, 0.15) is 0 Å². The van der Waals surface area contributed by atoms with E-state index in [0.29, 0.717) is 19.6 Å². The molecule has 100 valence electrons. The first-order chi connectivity index (χ1) is 8.63. The minimum atomic E-state index is -0.0879. The zero-order valence-corrected chi connectivity index (χ0v) is 10.9. The van der Waals surface area contributed by atoms with Gasteiger partial charge in [-0.25, -0.2) is 0 Å². The van der Waals surface area contributed by atoms with Gasteiger partial charge in [-0.05, 0) is 6.42 Å². The molecule has 2 atom stereocenters. The van der Waals surface area contributed by atoms with E-state index in [1.807, 2.05) is 18.1 Å². The standard InChI is InChI=1S/C12H20N4O2/c1-15-8-9(7-14-15)12-10(13)3-4-11(17)16(12)5-6-18-2/h7-8,10,12H,3-6,13H2,1-2H3. The number of nitrogens with zero attached hydrogens (tertiary/aromatic N) is 3. The Kier molecular flexibility index (Phi) is 3.98. The van der Waals surface area contributed by atoms with Gasteiger partial charge in [0.05, 0.1) is 18.8 Å². The quantitative estimate of drug-likeness (QED) is 0.822. The van der Waals surface area contributed by atoms with E-state index in [9.17, 15) is 4.79 Å². The number of likely N-dealkylation sites (tertiary alicyclic amines) is 1.